The van der Waals surface area contributed by atoms with Crippen LogP contribution in [-0.2, 0) is 0 Å². The van der Waals surface area contributed by atoms with Crippen molar-refractivity contribution in [2.24, 2.45) is 17.3 Å². The van der Waals surface area contributed by atoms with Crippen LogP contribution in [0.2, 0.25) is 0 Å². The zero-order valence-electron chi connectivity index (χ0n) is 13.8. The Hall–Kier alpha value is -1.28. The molecule has 0 saturated heterocycles. The fraction of sp³-hybridized carbons (Fsp3) is 0.600. The summed E-state index contributed by atoms with van der Waals surface area (Å²) in [5, 5.41) is 10.5. The molecule has 0 aromatic heterocycles. The van der Waals surface area contributed by atoms with Crippen LogP contribution in [0.1, 0.15) is 55.2 Å². The highest BCUT2D eigenvalue weighted by Gasteiger charge is 2.53. The number of hydrogen-bond acceptors (Lipinski definition) is 2. The highest BCUT2D eigenvalue weighted by Crippen LogP contribution is 2.60. The molecule has 0 heterocycles. The van der Waals surface area contributed by atoms with E-state index >= 15 is 0 Å². The van der Waals surface area contributed by atoms with Crippen LogP contribution in [0.5, 0.6) is 5.75 Å². The van der Waals surface area contributed by atoms with Crippen molar-refractivity contribution >= 4 is 6.08 Å². The van der Waals surface area contributed by atoms with Crippen LogP contribution >= 0.6 is 0 Å². The lowest BCUT2D eigenvalue weighted by Crippen LogP contribution is -2.42. The maximum absolute atomic E-state index is 10.5. The summed E-state index contributed by atoms with van der Waals surface area (Å²) >= 11 is 0. The lowest BCUT2D eigenvalue weighted by atomic mass is 9.56. The molecule has 0 spiro atoms. The number of methoxy groups -OCH3 is 1. The van der Waals surface area contributed by atoms with Gasteiger partial charge in [0.2, 0.25) is 0 Å². The first-order valence-electron chi connectivity index (χ1n) is 8.59. The molecular weight excluding hydrogens is 272 g/mol. The maximum Gasteiger partial charge on any atom is 0.119 e. The molecule has 0 radical (unpaired) electrons. The van der Waals surface area contributed by atoms with Gasteiger partial charge in [0.05, 0.1) is 13.2 Å². The second-order valence-corrected chi connectivity index (χ2v) is 7.73. The van der Waals surface area contributed by atoms with Gasteiger partial charge in [-0.1, -0.05) is 19.1 Å². The third kappa shape index (κ3) is 1.83. The lowest BCUT2D eigenvalue weighted by molar-refractivity contribution is -0.00803. The van der Waals surface area contributed by atoms with Crippen molar-refractivity contribution in [3.63, 3.8) is 0 Å². The molecule has 0 aliphatic heterocycles. The lowest BCUT2D eigenvalue weighted by Gasteiger charge is -2.48. The van der Waals surface area contributed by atoms with Crippen molar-refractivity contribution < 1.29 is 9.84 Å². The molecule has 1 aromatic carbocycles. The van der Waals surface area contributed by atoms with Gasteiger partial charge < -0.3 is 9.84 Å². The van der Waals surface area contributed by atoms with Gasteiger partial charge in [0, 0.05) is 0 Å². The highest BCUT2D eigenvalue weighted by molar-refractivity contribution is 5.63. The van der Waals surface area contributed by atoms with Crippen LogP contribution in [-0.4, -0.2) is 18.3 Å². The number of benzene rings is 1. The zero-order chi connectivity index (χ0) is 15.5. The van der Waals surface area contributed by atoms with Crippen molar-refractivity contribution in [2.75, 3.05) is 7.11 Å². The summed E-state index contributed by atoms with van der Waals surface area (Å²) < 4.78 is 5.43. The van der Waals surface area contributed by atoms with E-state index < -0.39 is 0 Å². The average Bonchev–Trinajstić information content (AvgIpc) is 2.82. The van der Waals surface area contributed by atoms with Gasteiger partial charge in [0.25, 0.3) is 0 Å². The molecule has 4 rings (SSSR count). The summed E-state index contributed by atoms with van der Waals surface area (Å²) in [4.78, 5) is 0. The minimum atomic E-state index is -0.106. The van der Waals surface area contributed by atoms with E-state index in [1.165, 1.54) is 29.5 Å². The molecular formula is C20H26O2. The van der Waals surface area contributed by atoms with E-state index in [4.69, 9.17) is 4.74 Å². The van der Waals surface area contributed by atoms with E-state index in [2.05, 4.69) is 38.1 Å². The van der Waals surface area contributed by atoms with E-state index in [0.29, 0.717) is 17.8 Å². The van der Waals surface area contributed by atoms with Crippen LogP contribution in [0.15, 0.2) is 18.2 Å². The van der Waals surface area contributed by atoms with E-state index in [1.54, 1.807) is 7.11 Å². The Labute approximate surface area is 133 Å². The van der Waals surface area contributed by atoms with Gasteiger partial charge in [-0.15, -0.1) is 0 Å². The predicted octanol–water partition coefficient (Wildman–Crippen LogP) is 4.30. The van der Waals surface area contributed by atoms with E-state index in [9.17, 15) is 5.11 Å². The summed E-state index contributed by atoms with van der Waals surface area (Å²) in [6.45, 7) is 4.53. The van der Waals surface area contributed by atoms with E-state index in [-0.39, 0.29) is 11.5 Å². The van der Waals surface area contributed by atoms with Crippen molar-refractivity contribution in [2.45, 2.75) is 51.6 Å². The van der Waals surface area contributed by atoms with Crippen LogP contribution in [0.25, 0.3) is 6.08 Å². The SMILES string of the molecule is COc1cc(C)c2c(c1)C=C[C@@H]1[C@@H]2CC[C@]2(C)[C@H](O)CC[C@H]12. The molecule has 1 N–H and O–H groups in total. The third-order valence-corrected chi connectivity index (χ3v) is 6.78. The minimum Gasteiger partial charge on any atom is -0.497 e. The summed E-state index contributed by atoms with van der Waals surface area (Å²) in [7, 11) is 1.74. The summed E-state index contributed by atoms with van der Waals surface area (Å²) in [5.41, 5.74) is 4.34. The molecule has 0 amide bonds. The first-order chi connectivity index (χ1) is 10.5. The molecule has 2 fully saturated rings. The second-order valence-electron chi connectivity index (χ2n) is 7.73. The minimum absolute atomic E-state index is 0.106. The quantitative estimate of drug-likeness (QED) is 0.837. The predicted molar refractivity (Wildman–Crippen MR) is 89.1 cm³/mol. The van der Waals surface area contributed by atoms with Crippen LogP contribution in [0.3, 0.4) is 0 Å². The number of rotatable bonds is 1. The van der Waals surface area contributed by atoms with Gasteiger partial charge in [-0.25, -0.2) is 0 Å². The van der Waals surface area contributed by atoms with Crippen molar-refractivity contribution in [1.82, 2.24) is 0 Å². The standard InChI is InChI=1S/C20H26O2/c1-12-10-14(22-3)11-13-4-5-15-16(19(12)13)8-9-20(2)17(15)6-7-18(20)21/h4-5,10-11,15-18,21H,6-9H2,1-3H3/t15-,16+,17-,18-,20+/m1/s1. The highest BCUT2D eigenvalue weighted by atomic mass is 16.5. The number of aryl methyl sites for hydroxylation is 1. The van der Waals surface area contributed by atoms with Crippen molar-refractivity contribution in [3.05, 3.63) is 34.9 Å². The fourth-order valence-electron chi connectivity index (χ4n) is 5.54. The van der Waals surface area contributed by atoms with Gasteiger partial charge >= 0.3 is 0 Å². The van der Waals surface area contributed by atoms with E-state index in [1.807, 2.05) is 0 Å². The zero-order valence-corrected chi connectivity index (χ0v) is 13.8. The Morgan fingerprint density at radius 1 is 1.23 bits per heavy atom. The smallest absolute Gasteiger partial charge is 0.119 e. The Kier molecular flexibility index (Phi) is 3.16. The maximum atomic E-state index is 10.5. The average molecular weight is 298 g/mol. The monoisotopic (exact) mass is 298 g/mol. The number of hydrogen-bond donors (Lipinski definition) is 1. The molecule has 1 aromatic rings. The summed E-state index contributed by atoms with van der Waals surface area (Å²) in [5.74, 6) is 2.80. The fourth-order valence-corrected chi connectivity index (χ4v) is 5.54. The van der Waals surface area contributed by atoms with Gasteiger partial charge in [0.1, 0.15) is 5.75 Å². The normalized spacial score (nSPS) is 39.1. The Bertz CT molecular complexity index is 633. The number of fused-ring (bicyclic) bond motifs is 5. The number of aliphatic hydroxyl groups is 1. The Morgan fingerprint density at radius 2 is 2.05 bits per heavy atom. The summed E-state index contributed by atoms with van der Waals surface area (Å²) in [6.07, 6.45) is 9.11. The molecule has 2 heteroatoms. The topological polar surface area (TPSA) is 29.5 Å². The third-order valence-electron chi connectivity index (χ3n) is 6.78. The molecule has 3 aliphatic rings. The molecule has 22 heavy (non-hydrogen) atoms. The van der Waals surface area contributed by atoms with Crippen molar-refractivity contribution in [1.29, 1.82) is 0 Å². The van der Waals surface area contributed by atoms with Crippen molar-refractivity contribution in [3.8, 4) is 5.75 Å². The first kappa shape index (κ1) is 14.3. The first-order valence-corrected chi connectivity index (χ1v) is 8.59. The largest absolute Gasteiger partial charge is 0.497 e. The number of allylic oxidation sites excluding steroid dienone is 1. The van der Waals surface area contributed by atoms with Gasteiger partial charge in [-0.05, 0) is 84.6 Å². The summed E-state index contributed by atoms with van der Waals surface area (Å²) in [6, 6.07) is 4.35. The number of ether oxygens (including phenoxy) is 1. The Balaban J connectivity index is 1.77. The van der Waals surface area contributed by atoms with Crippen LogP contribution in [0.4, 0.5) is 0 Å². The Morgan fingerprint density at radius 3 is 2.82 bits per heavy atom. The molecule has 3 aliphatic carbocycles. The number of aliphatic hydroxyl groups excluding tert-OH is 1. The van der Waals surface area contributed by atoms with Crippen LogP contribution < -0.4 is 4.74 Å². The molecule has 118 valence electrons. The van der Waals surface area contributed by atoms with E-state index in [0.717, 1.165) is 18.6 Å². The molecule has 5 atom stereocenters. The molecule has 0 bridgehead atoms. The molecule has 0 unspecified atom stereocenters. The van der Waals surface area contributed by atoms with Gasteiger partial charge in [-0.3, -0.25) is 0 Å². The van der Waals surface area contributed by atoms with Gasteiger partial charge in [0.15, 0.2) is 0 Å². The molecule has 2 nitrogen and oxygen atoms in total. The van der Waals surface area contributed by atoms with Gasteiger partial charge in [-0.2, -0.15) is 0 Å². The molecule has 2 saturated carbocycles. The van der Waals surface area contributed by atoms with Crippen LogP contribution in [0, 0.1) is 24.2 Å². The second kappa shape index (κ2) is 4.86.